The molecule has 0 aromatic carbocycles. The summed E-state index contributed by atoms with van der Waals surface area (Å²) in [7, 11) is 0. The molecule has 0 spiro atoms. The van der Waals surface area contributed by atoms with Gasteiger partial charge in [-0.25, -0.2) is 0 Å². The number of aromatic nitrogens is 1. The number of rotatable bonds is 4. The number of alkyl halides is 3. The van der Waals surface area contributed by atoms with Crippen LogP contribution in [0.15, 0.2) is 12.3 Å². The van der Waals surface area contributed by atoms with Crippen molar-refractivity contribution in [1.82, 2.24) is 15.2 Å². The number of pyridine rings is 1. The topological polar surface area (TPSA) is 54.5 Å². The lowest BCUT2D eigenvalue weighted by molar-refractivity contribution is -0.146. The molecule has 3 unspecified atom stereocenters. The van der Waals surface area contributed by atoms with Crippen molar-refractivity contribution in [3.05, 3.63) is 29.1 Å². The van der Waals surface area contributed by atoms with Crippen LogP contribution in [0.1, 0.15) is 63.8 Å². The first-order chi connectivity index (χ1) is 15.5. The second-order valence-electron chi connectivity index (χ2n) is 10.7. The Morgan fingerprint density at radius 3 is 2.61 bits per heavy atom. The molecular weight excluding hydrogens is 431 g/mol. The zero-order valence-corrected chi connectivity index (χ0v) is 20.0. The molecule has 1 aromatic heterocycles. The maximum Gasteiger partial charge on any atom is 0.417 e. The van der Waals surface area contributed by atoms with E-state index in [-0.39, 0.29) is 24.4 Å². The Morgan fingerprint density at radius 1 is 1.27 bits per heavy atom. The van der Waals surface area contributed by atoms with Crippen molar-refractivity contribution in [3.63, 3.8) is 0 Å². The van der Waals surface area contributed by atoms with Crippen LogP contribution in [0.25, 0.3) is 0 Å². The molecular formula is C25H36F3N3O2. The Bertz CT molecular complexity index is 865. The first kappa shape index (κ1) is 24.5. The molecule has 1 aromatic rings. The minimum Gasteiger partial charge on any atom is -0.381 e. The normalized spacial score (nSPS) is 32.8. The second-order valence-corrected chi connectivity index (χ2v) is 10.7. The van der Waals surface area contributed by atoms with Crippen molar-refractivity contribution in [1.29, 1.82) is 0 Å². The van der Waals surface area contributed by atoms with Crippen LogP contribution >= 0.6 is 0 Å². The molecule has 0 radical (unpaired) electrons. The number of amides is 1. The molecule has 1 saturated carbocycles. The highest BCUT2D eigenvalue weighted by atomic mass is 19.4. The Balaban J connectivity index is 1.49. The van der Waals surface area contributed by atoms with Gasteiger partial charge in [0.1, 0.15) is 0 Å². The number of hydrogen-bond donors (Lipinski definition) is 1. The van der Waals surface area contributed by atoms with Crippen molar-refractivity contribution >= 4 is 5.91 Å². The van der Waals surface area contributed by atoms with Gasteiger partial charge in [-0.15, -0.1) is 0 Å². The van der Waals surface area contributed by atoms with E-state index in [0.717, 1.165) is 44.7 Å². The molecule has 1 N–H and O–H groups in total. The molecule has 3 aliphatic rings. The van der Waals surface area contributed by atoms with Gasteiger partial charge < -0.3 is 15.0 Å². The molecule has 1 aliphatic carbocycles. The quantitative estimate of drug-likeness (QED) is 0.711. The predicted octanol–water partition coefficient (Wildman–Crippen LogP) is 4.44. The van der Waals surface area contributed by atoms with Gasteiger partial charge in [0.2, 0.25) is 5.91 Å². The first-order valence-electron chi connectivity index (χ1n) is 12.2. The number of ether oxygens (including phenoxy) is 1. The summed E-state index contributed by atoms with van der Waals surface area (Å²) in [6, 6.07) is 1.80. The molecule has 2 aliphatic heterocycles. The van der Waals surface area contributed by atoms with Gasteiger partial charge in [-0.2, -0.15) is 13.2 Å². The Labute approximate surface area is 194 Å². The summed E-state index contributed by atoms with van der Waals surface area (Å²) in [6.07, 6.45) is -0.535. The van der Waals surface area contributed by atoms with E-state index >= 15 is 0 Å². The third-order valence-electron chi connectivity index (χ3n) is 8.15. The van der Waals surface area contributed by atoms with E-state index < -0.39 is 17.2 Å². The van der Waals surface area contributed by atoms with E-state index in [1.54, 1.807) is 4.90 Å². The van der Waals surface area contributed by atoms with E-state index in [1.807, 2.05) is 0 Å². The SMILES string of the molecule is CC1COCC(C)C1NC1CC[C@@](C(=O)N2CCc3ncc(C(F)(F)F)cc3C2)(C(C)C)C1. The van der Waals surface area contributed by atoms with Gasteiger partial charge in [0.15, 0.2) is 0 Å². The highest BCUT2D eigenvalue weighted by Crippen LogP contribution is 2.47. The van der Waals surface area contributed by atoms with Crippen molar-refractivity contribution in [2.24, 2.45) is 23.2 Å². The minimum absolute atomic E-state index is 0.0814. The average Bonchev–Trinajstić information content (AvgIpc) is 3.20. The van der Waals surface area contributed by atoms with Crippen LogP contribution in [0.3, 0.4) is 0 Å². The number of fused-ring (bicyclic) bond motifs is 1. The van der Waals surface area contributed by atoms with E-state index in [1.165, 1.54) is 0 Å². The van der Waals surface area contributed by atoms with Crippen molar-refractivity contribution in [3.8, 4) is 0 Å². The molecule has 184 valence electrons. The first-order valence-corrected chi connectivity index (χ1v) is 12.2. The number of nitrogens with one attached hydrogen (secondary N) is 1. The standard InChI is InChI=1S/C25H36F3N3O2/c1-15(2)24(7-5-20(10-24)30-22-16(3)13-33-14-17(22)4)23(32)31-8-6-21-18(12-31)9-19(11-29-21)25(26,27)28/h9,11,15-17,20,22,30H,5-8,10,12-14H2,1-4H3/t16?,17?,20?,22?,24-/m0/s1. The molecule has 3 heterocycles. The highest BCUT2D eigenvalue weighted by molar-refractivity contribution is 5.83. The number of hydrogen-bond acceptors (Lipinski definition) is 4. The van der Waals surface area contributed by atoms with Gasteiger partial charge in [0.05, 0.1) is 24.2 Å². The third kappa shape index (κ3) is 4.78. The molecule has 2 fully saturated rings. The predicted molar refractivity (Wildman–Crippen MR) is 119 cm³/mol. The summed E-state index contributed by atoms with van der Waals surface area (Å²) in [5.41, 5.74) is -0.0547. The third-order valence-corrected chi connectivity index (χ3v) is 8.15. The zero-order chi connectivity index (χ0) is 24.0. The maximum atomic E-state index is 13.9. The summed E-state index contributed by atoms with van der Waals surface area (Å²) >= 11 is 0. The molecule has 8 heteroatoms. The summed E-state index contributed by atoms with van der Waals surface area (Å²) in [4.78, 5) is 19.7. The molecule has 1 saturated heterocycles. The van der Waals surface area contributed by atoms with Crippen LogP contribution in [0, 0.1) is 23.2 Å². The minimum atomic E-state index is -4.43. The fraction of sp³-hybridized carbons (Fsp3) is 0.760. The Morgan fingerprint density at radius 2 is 1.97 bits per heavy atom. The molecule has 33 heavy (non-hydrogen) atoms. The van der Waals surface area contributed by atoms with E-state index in [9.17, 15) is 18.0 Å². The monoisotopic (exact) mass is 467 g/mol. The van der Waals surface area contributed by atoms with Crippen LogP contribution in [0.5, 0.6) is 0 Å². The van der Waals surface area contributed by atoms with Crippen LogP contribution in [0.2, 0.25) is 0 Å². The summed E-state index contributed by atoms with van der Waals surface area (Å²) in [5.74, 6) is 1.08. The summed E-state index contributed by atoms with van der Waals surface area (Å²) in [6.45, 7) is 10.8. The molecule has 5 nitrogen and oxygen atoms in total. The molecule has 4 atom stereocenters. The van der Waals surface area contributed by atoms with Crippen LogP contribution in [0.4, 0.5) is 13.2 Å². The van der Waals surface area contributed by atoms with Crippen LogP contribution < -0.4 is 5.32 Å². The smallest absolute Gasteiger partial charge is 0.381 e. The van der Waals surface area contributed by atoms with E-state index in [4.69, 9.17) is 4.74 Å². The van der Waals surface area contributed by atoms with Crippen molar-refractivity contribution in [2.45, 2.75) is 78.2 Å². The van der Waals surface area contributed by atoms with Gasteiger partial charge >= 0.3 is 6.18 Å². The Kier molecular flexibility index (Phi) is 6.80. The number of carbonyl (C=O) groups is 1. The van der Waals surface area contributed by atoms with Crippen molar-refractivity contribution < 1.29 is 22.7 Å². The fourth-order valence-corrected chi connectivity index (χ4v) is 6.06. The van der Waals surface area contributed by atoms with Gasteiger partial charge in [0.25, 0.3) is 0 Å². The lowest BCUT2D eigenvalue weighted by Crippen LogP contribution is -2.52. The van der Waals surface area contributed by atoms with Crippen molar-refractivity contribution in [2.75, 3.05) is 19.8 Å². The van der Waals surface area contributed by atoms with E-state index in [2.05, 4.69) is 38.0 Å². The average molecular weight is 468 g/mol. The highest BCUT2D eigenvalue weighted by Gasteiger charge is 2.50. The second kappa shape index (κ2) is 9.17. The number of carbonyl (C=O) groups excluding carboxylic acids is 1. The molecule has 4 rings (SSSR count). The van der Waals surface area contributed by atoms with Gasteiger partial charge in [0, 0.05) is 43.5 Å². The van der Waals surface area contributed by atoms with Gasteiger partial charge in [-0.3, -0.25) is 9.78 Å². The van der Waals surface area contributed by atoms with E-state index in [0.29, 0.717) is 42.1 Å². The van der Waals surface area contributed by atoms with Gasteiger partial charge in [-0.05, 0) is 48.6 Å². The fourth-order valence-electron chi connectivity index (χ4n) is 6.06. The summed E-state index contributed by atoms with van der Waals surface area (Å²) < 4.78 is 45.2. The largest absolute Gasteiger partial charge is 0.417 e. The maximum absolute atomic E-state index is 13.9. The molecule has 1 amide bonds. The van der Waals surface area contributed by atoms with Gasteiger partial charge in [-0.1, -0.05) is 27.7 Å². The number of nitrogens with zero attached hydrogens (tertiary/aromatic N) is 2. The Hall–Kier alpha value is -1.67. The van der Waals surface area contributed by atoms with Crippen LogP contribution in [-0.4, -0.2) is 47.6 Å². The number of halogens is 3. The van der Waals surface area contributed by atoms with Crippen LogP contribution in [-0.2, 0) is 28.7 Å². The zero-order valence-electron chi connectivity index (χ0n) is 20.0. The summed E-state index contributed by atoms with van der Waals surface area (Å²) in [5, 5.41) is 3.84. The molecule has 0 bridgehead atoms. The lowest BCUT2D eigenvalue weighted by atomic mass is 9.73. The lowest BCUT2D eigenvalue weighted by Gasteiger charge is -2.40.